The number of rotatable bonds is 9. The second kappa shape index (κ2) is 10.1. The molecule has 3 rings (SSSR count). The average molecular weight is 375 g/mol. The van der Waals surface area contributed by atoms with Crippen LogP contribution in [0, 0.1) is 5.82 Å². The number of carbonyl (C=O) groups excluding carboxylic acids is 1. The molecule has 0 saturated heterocycles. The lowest BCUT2D eigenvalue weighted by molar-refractivity contribution is 0.0273. The van der Waals surface area contributed by atoms with Gasteiger partial charge in [0.1, 0.15) is 23.9 Å². The summed E-state index contributed by atoms with van der Waals surface area (Å²) in [4.78, 5) is 12.1. The molecular weight excluding hydrogens is 349 g/mol. The molecule has 1 aliphatic carbocycles. The third kappa shape index (κ3) is 6.40. The Morgan fingerprint density at radius 3 is 2.67 bits per heavy atom. The second-order valence-electron chi connectivity index (χ2n) is 6.75. The van der Waals surface area contributed by atoms with Gasteiger partial charge in [0.05, 0.1) is 6.10 Å². The normalized spacial score (nSPS) is 14.9. The van der Waals surface area contributed by atoms with Gasteiger partial charge in [-0.15, -0.1) is 0 Å². The van der Waals surface area contributed by atoms with Gasteiger partial charge in [0.25, 0.3) is 5.91 Å². The van der Waals surface area contributed by atoms with Crippen LogP contribution in [-0.2, 0) is 11.3 Å². The molecular formula is C21H26FNO4. The van der Waals surface area contributed by atoms with Gasteiger partial charge in [0.2, 0.25) is 0 Å². The maximum absolute atomic E-state index is 12.9. The third-order valence-electron chi connectivity index (χ3n) is 4.59. The molecule has 0 bridgehead atoms. The quantitative estimate of drug-likeness (QED) is 0.657. The van der Waals surface area contributed by atoms with Crippen molar-refractivity contribution in [2.75, 3.05) is 13.2 Å². The lowest BCUT2D eigenvalue weighted by Crippen LogP contribution is -2.26. The molecule has 0 spiro atoms. The molecule has 27 heavy (non-hydrogen) atoms. The Kier molecular flexibility index (Phi) is 7.27. The van der Waals surface area contributed by atoms with Gasteiger partial charge < -0.3 is 19.2 Å². The predicted octanol–water partition coefficient (Wildman–Crippen LogP) is 4.47. The summed E-state index contributed by atoms with van der Waals surface area (Å²) in [5.74, 6) is 0.756. The van der Waals surface area contributed by atoms with Crippen LogP contribution in [0.25, 0.3) is 0 Å². The van der Waals surface area contributed by atoms with E-state index in [9.17, 15) is 9.18 Å². The summed E-state index contributed by atoms with van der Waals surface area (Å²) in [6, 6.07) is 9.06. The van der Waals surface area contributed by atoms with Gasteiger partial charge in [-0.2, -0.15) is 0 Å². The highest BCUT2D eigenvalue weighted by Crippen LogP contribution is 2.20. The zero-order valence-electron chi connectivity index (χ0n) is 15.4. The van der Waals surface area contributed by atoms with Crippen molar-refractivity contribution in [1.82, 2.24) is 5.32 Å². The molecule has 0 unspecified atom stereocenters. The van der Waals surface area contributed by atoms with Crippen molar-refractivity contribution < 1.29 is 23.1 Å². The first kappa shape index (κ1) is 19.4. The first-order chi connectivity index (χ1) is 13.2. The van der Waals surface area contributed by atoms with Crippen molar-refractivity contribution >= 4 is 5.91 Å². The van der Waals surface area contributed by atoms with E-state index in [4.69, 9.17) is 13.9 Å². The van der Waals surface area contributed by atoms with E-state index in [2.05, 4.69) is 5.32 Å². The van der Waals surface area contributed by atoms with Gasteiger partial charge >= 0.3 is 0 Å². The van der Waals surface area contributed by atoms with E-state index in [1.165, 1.54) is 31.4 Å². The van der Waals surface area contributed by atoms with Crippen LogP contribution >= 0.6 is 0 Å². The molecule has 1 aromatic heterocycles. The molecule has 1 amide bonds. The molecule has 6 heteroatoms. The van der Waals surface area contributed by atoms with Crippen molar-refractivity contribution in [3.05, 3.63) is 53.7 Å². The Balaban J connectivity index is 1.33. The molecule has 0 atom stereocenters. The SMILES string of the molecule is O=C(NCCCOC1CCCCC1)c1ccc(COc2ccc(F)cc2)o1. The van der Waals surface area contributed by atoms with E-state index in [0.717, 1.165) is 19.3 Å². The zero-order valence-corrected chi connectivity index (χ0v) is 15.4. The summed E-state index contributed by atoms with van der Waals surface area (Å²) >= 11 is 0. The standard InChI is InChI=1S/C21H26FNO4/c22-16-7-9-18(10-8-16)26-15-19-11-12-20(27-19)21(24)23-13-4-14-25-17-5-2-1-3-6-17/h7-12,17H,1-6,13-15H2,(H,23,24). The Labute approximate surface area is 158 Å². The minimum absolute atomic E-state index is 0.175. The number of hydrogen-bond donors (Lipinski definition) is 1. The average Bonchev–Trinajstić information content (AvgIpc) is 3.17. The second-order valence-corrected chi connectivity index (χ2v) is 6.75. The van der Waals surface area contributed by atoms with Crippen molar-refractivity contribution in [1.29, 1.82) is 0 Å². The van der Waals surface area contributed by atoms with Gasteiger partial charge in [-0.1, -0.05) is 19.3 Å². The van der Waals surface area contributed by atoms with Crippen LogP contribution in [0.3, 0.4) is 0 Å². The maximum Gasteiger partial charge on any atom is 0.286 e. The number of amides is 1. The summed E-state index contributed by atoms with van der Waals surface area (Å²) in [7, 11) is 0. The van der Waals surface area contributed by atoms with Crippen molar-refractivity contribution in [2.24, 2.45) is 0 Å². The maximum atomic E-state index is 12.9. The summed E-state index contributed by atoms with van der Waals surface area (Å²) in [5.41, 5.74) is 0. The van der Waals surface area contributed by atoms with Gasteiger partial charge in [0, 0.05) is 13.2 Å². The summed E-state index contributed by atoms with van der Waals surface area (Å²) in [5, 5.41) is 2.83. The van der Waals surface area contributed by atoms with E-state index in [1.807, 2.05) is 0 Å². The molecule has 1 aromatic carbocycles. The Morgan fingerprint density at radius 1 is 1.11 bits per heavy atom. The molecule has 1 aliphatic rings. The van der Waals surface area contributed by atoms with Crippen LogP contribution in [0.2, 0.25) is 0 Å². The highest BCUT2D eigenvalue weighted by molar-refractivity contribution is 5.91. The largest absolute Gasteiger partial charge is 0.486 e. The summed E-state index contributed by atoms with van der Waals surface area (Å²) < 4.78 is 29.7. The molecule has 1 fully saturated rings. The fourth-order valence-corrected chi connectivity index (χ4v) is 3.11. The van der Waals surface area contributed by atoms with Gasteiger partial charge in [0.15, 0.2) is 5.76 Å². The van der Waals surface area contributed by atoms with Gasteiger partial charge in [-0.3, -0.25) is 4.79 Å². The minimum atomic E-state index is -0.316. The van der Waals surface area contributed by atoms with Crippen molar-refractivity contribution in [2.45, 2.75) is 51.2 Å². The lowest BCUT2D eigenvalue weighted by Gasteiger charge is -2.21. The smallest absolute Gasteiger partial charge is 0.286 e. The van der Waals surface area contributed by atoms with E-state index >= 15 is 0 Å². The highest BCUT2D eigenvalue weighted by Gasteiger charge is 2.14. The molecule has 0 aliphatic heterocycles. The van der Waals surface area contributed by atoms with Crippen LogP contribution in [-0.4, -0.2) is 25.2 Å². The van der Waals surface area contributed by atoms with Crippen LogP contribution in [0.4, 0.5) is 4.39 Å². The number of ether oxygens (including phenoxy) is 2. The summed E-state index contributed by atoms with van der Waals surface area (Å²) in [6.45, 7) is 1.39. The Morgan fingerprint density at radius 2 is 1.89 bits per heavy atom. The van der Waals surface area contributed by atoms with Crippen LogP contribution in [0.1, 0.15) is 54.8 Å². The fraction of sp³-hybridized carbons (Fsp3) is 0.476. The molecule has 5 nitrogen and oxygen atoms in total. The number of halogens is 1. The first-order valence-corrected chi connectivity index (χ1v) is 9.57. The molecule has 0 radical (unpaired) electrons. The molecule has 1 N–H and O–H groups in total. The third-order valence-corrected chi connectivity index (χ3v) is 4.59. The molecule has 1 heterocycles. The van der Waals surface area contributed by atoms with Gasteiger partial charge in [-0.05, 0) is 55.7 Å². The molecule has 2 aromatic rings. The Bertz CT molecular complexity index is 707. The Hall–Kier alpha value is -2.34. The van der Waals surface area contributed by atoms with E-state index in [-0.39, 0.29) is 24.1 Å². The van der Waals surface area contributed by atoms with Crippen LogP contribution in [0.5, 0.6) is 5.75 Å². The zero-order chi connectivity index (χ0) is 18.9. The van der Waals surface area contributed by atoms with E-state index in [0.29, 0.717) is 30.8 Å². The van der Waals surface area contributed by atoms with Gasteiger partial charge in [-0.25, -0.2) is 4.39 Å². The number of benzene rings is 1. The van der Waals surface area contributed by atoms with E-state index in [1.54, 1.807) is 24.3 Å². The van der Waals surface area contributed by atoms with Crippen LogP contribution < -0.4 is 10.1 Å². The van der Waals surface area contributed by atoms with Crippen LogP contribution in [0.15, 0.2) is 40.8 Å². The first-order valence-electron chi connectivity index (χ1n) is 9.57. The number of furan rings is 1. The fourth-order valence-electron chi connectivity index (χ4n) is 3.11. The minimum Gasteiger partial charge on any atom is -0.486 e. The van der Waals surface area contributed by atoms with E-state index < -0.39 is 0 Å². The molecule has 146 valence electrons. The molecule has 1 saturated carbocycles. The summed E-state index contributed by atoms with van der Waals surface area (Å²) in [6.07, 6.45) is 7.31. The highest BCUT2D eigenvalue weighted by atomic mass is 19.1. The number of carbonyl (C=O) groups is 1. The number of hydrogen-bond acceptors (Lipinski definition) is 4. The predicted molar refractivity (Wildman–Crippen MR) is 99.2 cm³/mol. The lowest BCUT2D eigenvalue weighted by atomic mass is 9.98. The van der Waals surface area contributed by atoms with Crippen molar-refractivity contribution in [3.8, 4) is 5.75 Å². The number of nitrogens with one attached hydrogen (secondary N) is 1. The van der Waals surface area contributed by atoms with Crippen molar-refractivity contribution in [3.63, 3.8) is 0 Å². The monoisotopic (exact) mass is 375 g/mol. The topological polar surface area (TPSA) is 60.7 Å².